The van der Waals surface area contributed by atoms with Crippen LogP contribution in [0.3, 0.4) is 0 Å². The van der Waals surface area contributed by atoms with Crippen LogP contribution in [0.2, 0.25) is 0 Å². The van der Waals surface area contributed by atoms with Gasteiger partial charge in [-0.3, -0.25) is 0 Å². The van der Waals surface area contributed by atoms with E-state index in [4.69, 9.17) is 0 Å². The van der Waals surface area contributed by atoms with Crippen molar-refractivity contribution in [2.75, 3.05) is 34.7 Å². The van der Waals surface area contributed by atoms with Crippen LogP contribution in [-0.2, 0) is 0 Å². The molecule has 0 rings (SSSR count). The molecular weight excluding hydrogens is 280 g/mol. The number of nitrogens with zero attached hydrogens (tertiary/aromatic N) is 2. The number of unbranched alkanes of at least 4 members (excludes halogenated alkanes) is 10. The fourth-order valence-electron chi connectivity index (χ4n) is 3.17. The van der Waals surface area contributed by atoms with Gasteiger partial charge in [0.25, 0.3) is 0 Å². The van der Waals surface area contributed by atoms with Crippen LogP contribution in [-0.4, -0.2) is 50.6 Å². The zero-order valence-electron chi connectivity index (χ0n) is 16.9. The number of hydrogen-bond donors (Lipinski definition) is 0. The third-order valence-corrected chi connectivity index (χ3v) is 4.83. The minimum atomic E-state index is 0.797. The Bertz CT molecular complexity index is 226. The Balaban J connectivity index is 3.29. The summed E-state index contributed by atoms with van der Waals surface area (Å²) in [5.41, 5.74) is 0. The molecule has 23 heavy (non-hydrogen) atoms. The summed E-state index contributed by atoms with van der Waals surface area (Å²) < 4.78 is 0. The average Bonchev–Trinajstić information content (AvgIpc) is 2.50. The van der Waals surface area contributed by atoms with Crippen LogP contribution in [0, 0.1) is 6.42 Å². The molecule has 0 saturated carbocycles. The summed E-state index contributed by atoms with van der Waals surface area (Å²) >= 11 is 0. The Kier molecular flexibility index (Phi) is 16.7. The van der Waals surface area contributed by atoms with E-state index in [1.807, 2.05) is 0 Å². The van der Waals surface area contributed by atoms with E-state index in [1.165, 1.54) is 90.0 Å². The zero-order chi connectivity index (χ0) is 17.3. The summed E-state index contributed by atoms with van der Waals surface area (Å²) in [6, 6.07) is 0.797. The highest BCUT2D eigenvalue weighted by Gasteiger charge is 2.09. The van der Waals surface area contributed by atoms with E-state index < -0.39 is 0 Å². The molecule has 0 aliphatic carbocycles. The maximum atomic E-state index is 2.54. The van der Waals surface area contributed by atoms with Gasteiger partial charge in [-0.05, 0) is 60.4 Å². The largest absolute Gasteiger partial charge is 0.309 e. The Morgan fingerprint density at radius 2 is 1.26 bits per heavy atom. The van der Waals surface area contributed by atoms with Crippen molar-refractivity contribution < 1.29 is 0 Å². The van der Waals surface area contributed by atoms with Gasteiger partial charge in [-0.1, -0.05) is 71.1 Å². The third-order valence-electron chi connectivity index (χ3n) is 4.83. The second-order valence-corrected chi connectivity index (χ2v) is 7.69. The molecule has 0 N–H and O–H groups in total. The monoisotopic (exact) mass is 325 g/mol. The van der Waals surface area contributed by atoms with Crippen molar-refractivity contribution in [2.45, 2.75) is 96.4 Å². The fraction of sp³-hybridized carbons (Fsp3) is 0.952. The second-order valence-electron chi connectivity index (χ2n) is 7.69. The van der Waals surface area contributed by atoms with Crippen LogP contribution >= 0.6 is 0 Å². The quantitative estimate of drug-likeness (QED) is 0.313. The van der Waals surface area contributed by atoms with Crippen LogP contribution in [0.4, 0.5) is 0 Å². The molecule has 0 bridgehead atoms. The topological polar surface area (TPSA) is 6.48 Å². The van der Waals surface area contributed by atoms with Gasteiger partial charge < -0.3 is 9.80 Å². The maximum Gasteiger partial charge on any atom is 0.00891 e. The maximum absolute atomic E-state index is 2.54. The summed E-state index contributed by atoms with van der Waals surface area (Å²) in [6.07, 6.45) is 20.5. The van der Waals surface area contributed by atoms with E-state index >= 15 is 0 Å². The van der Waals surface area contributed by atoms with E-state index in [2.05, 4.69) is 51.3 Å². The molecule has 139 valence electrons. The van der Waals surface area contributed by atoms with Crippen molar-refractivity contribution in [3.8, 4) is 0 Å². The van der Waals surface area contributed by atoms with Crippen LogP contribution in [0.25, 0.3) is 0 Å². The highest BCUT2D eigenvalue weighted by atomic mass is 15.1. The normalized spacial score (nSPS) is 13.2. The van der Waals surface area contributed by atoms with Crippen molar-refractivity contribution in [1.29, 1.82) is 0 Å². The lowest BCUT2D eigenvalue weighted by molar-refractivity contribution is 0.255. The van der Waals surface area contributed by atoms with Gasteiger partial charge in [-0.25, -0.2) is 0 Å². The SMILES string of the molecule is CCCCC(CCC[CH]CCCCCCCCN(C)C)N(C)C. The first-order chi connectivity index (χ1) is 11.1. The summed E-state index contributed by atoms with van der Waals surface area (Å²) in [4.78, 5) is 4.71. The smallest absolute Gasteiger partial charge is 0.00891 e. The molecular formula is C21H45N2. The van der Waals surface area contributed by atoms with E-state index in [-0.39, 0.29) is 0 Å². The highest BCUT2D eigenvalue weighted by molar-refractivity contribution is 4.70. The predicted octanol–water partition coefficient (Wildman–Crippen LogP) is 5.77. The lowest BCUT2D eigenvalue weighted by Crippen LogP contribution is -2.27. The molecule has 0 amide bonds. The standard InChI is InChI=1S/C21H45N2/c1-6-7-18-21(23(4)5)19-16-14-12-10-8-9-11-13-15-17-20-22(2)3/h12,21H,6-11,13-20H2,1-5H3. The molecule has 2 heteroatoms. The van der Waals surface area contributed by atoms with Gasteiger partial charge in [-0.15, -0.1) is 0 Å². The Morgan fingerprint density at radius 3 is 1.87 bits per heavy atom. The average molecular weight is 326 g/mol. The molecule has 0 spiro atoms. The second kappa shape index (κ2) is 16.8. The van der Waals surface area contributed by atoms with Gasteiger partial charge in [0.1, 0.15) is 0 Å². The molecule has 0 aromatic rings. The van der Waals surface area contributed by atoms with Gasteiger partial charge >= 0.3 is 0 Å². The first-order valence-electron chi connectivity index (χ1n) is 10.2. The summed E-state index contributed by atoms with van der Waals surface area (Å²) in [7, 11) is 8.81. The van der Waals surface area contributed by atoms with Crippen LogP contribution in [0.5, 0.6) is 0 Å². The molecule has 0 fully saturated rings. The third kappa shape index (κ3) is 16.6. The van der Waals surface area contributed by atoms with Crippen LogP contribution in [0.1, 0.15) is 90.4 Å². The molecule has 0 aliphatic rings. The molecule has 1 unspecified atom stereocenters. The van der Waals surface area contributed by atoms with Gasteiger partial charge in [0.15, 0.2) is 0 Å². The molecule has 0 saturated heterocycles. The molecule has 2 nitrogen and oxygen atoms in total. The van der Waals surface area contributed by atoms with Gasteiger partial charge in [0.2, 0.25) is 0 Å². The van der Waals surface area contributed by atoms with Crippen molar-refractivity contribution in [1.82, 2.24) is 9.80 Å². The van der Waals surface area contributed by atoms with E-state index in [1.54, 1.807) is 0 Å². The molecule has 0 aromatic heterocycles. The molecule has 1 radical (unpaired) electrons. The van der Waals surface area contributed by atoms with E-state index in [9.17, 15) is 0 Å². The zero-order valence-corrected chi connectivity index (χ0v) is 16.9. The molecule has 1 atom stereocenters. The van der Waals surface area contributed by atoms with Crippen LogP contribution < -0.4 is 0 Å². The minimum Gasteiger partial charge on any atom is -0.309 e. The van der Waals surface area contributed by atoms with Crippen molar-refractivity contribution >= 4 is 0 Å². The lowest BCUT2D eigenvalue weighted by Gasteiger charge is -2.24. The van der Waals surface area contributed by atoms with Gasteiger partial charge in [0, 0.05) is 6.04 Å². The van der Waals surface area contributed by atoms with Gasteiger partial charge in [0.05, 0.1) is 0 Å². The Morgan fingerprint density at radius 1 is 0.696 bits per heavy atom. The minimum absolute atomic E-state index is 0.797. The molecule has 0 heterocycles. The number of hydrogen-bond acceptors (Lipinski definition) is 2. The predicted molar refractivity (Wildman–Crippen MR) is 106 cm³/mol. The first-order valence-corrected chi connectivity index (χ1v) is 10.2. The highest BCUT2D eigenvalue weighted by Crippen LogP contribution is 2.15. The first kappa shape index (κ1) is 22.9. The fourth-order valence-corrected chi connectivity index (χ4v) is 3.17. The molecule has 0 aromatic carbocycles. The van der Waals surface area contributed by atoms with Crippen molar-refractivity contribution in [2.24, 2.45) is 0 Å². The Labute approximate surface area is 148 Å². The summed E-state index contributed by atoms with van der Waals surface area (Å²) in [5, 5.41) is 0. The van der Waals surface area contributed by atoms with Crippen molar-refractivity contribution in [3.63, 3.8) is 0 Å². The summed E-state index contributed by atoms with van der Waals surface area (Å²) in [5.74, 6) is 0. The van der Waals surface area contributed by atoms with E-state index in [0.29, 0.717) is 0 Å². The van der Waals surface area contributed by atoms with Gasteiger partial charge in [-0.2, -0.15) is 0 Å². The van der Waals surface area contributed by atoms with Crippen molar-refractivity contribution in [3.05, 3.63) is 6.42 Å². The van der Waals surface area contributed by atoms with Crippen LogP contribution in [0.15, 0.2) is 0 Å². The Hall–Kier alpha value is -0.0800. The lowest BCUT2D eigenvalue weighted by atomic mass is 10.0. The molecule has 0 aliphatic heterocycles. The summed E-state index contributed by atoms with van der Waals surface area (Å²) in [6.45, 7) is 3.54. The number of rotatable bonds is 17. The van der Waals surface area contributed by atoms with E-state index in [0.717, 1.165) is 6.04 Å².